The minimum atomic E-state index is -1.09. The molecular weight excluding hydrogens is 264 g/mol. The smallest absolute Gasteiger partial charge is 0.371 e. The van der Waals surface area contributed by atoms with Gasteiger partial charge < -0.3 is 9.84 Å². The van der Waals surface area contributed by atoms with Gasteiger partial charge in [-0.05, 0) is 28.9 Å². The second-order valence-corrected chi connectivity index (χ2v) is 4.35. The lowest BCUT2D eigenvalue weighted by Gasteiger charge is -2.08. The molecule has 3 heteroatoms. The van der Waals surface area contributed by atoms with E-state index in [0.29, 0.717) is 0 Å². The van der Waals surface area contributed by atoms with Crippen LogP contribution >= 0.6 is 0 Å². The van der Waals surface area contributed by atoms with Gasteiger partial charge in [0, 0.05) is 0 Å². The average molecular weight is 280 g/mol. The summed E-state index contributed by atoms with van der Waals surface area (Å²) in [7, 11) is 1.35. The van der Waals surface area contributed by atoms with Crippen molar-refractivity contribution in [2.24, 2.45) is 0 Å². The largest absolute Gasteiger partial charge is 0.490 e. The molecule has 2 rings (SSSR count). The molecule has 0 radical (unpaired) electrons. The summed E-state index contributed by atoms with van der Waals surface area (Å²) in [6.07, 6.45) is 3.23. The van der Waals surface area contributed by atoms with Crippen molar-refractivity contribution in [1.29, 1.82) is 0 Å². The monoisotopic (exact) mass is 280 g/mol. The summed E-state index contributed by atoms with van der Waals surface area (Å²) in [5.74, 6) is -1.19. The van der Waals surface area contributed by atoms with E-state index in [1.807, 2.05) is 60.7 Å². The van der Waals surface area contributed by atoms with Crippen LogP contribution in [0.1, 0.15) is 11.1 Å². The van der Waals surface area contributed by atoms with Crippen LogP contribution in [0.2, 0.25) is 0 Å². The molecule has 21 heavy (non-hydrogen) atoms. The van der Waals surface area contributed by atoms with Gasteiger partial charge in [-0.2, -0.15) is 0 Å². The number of carboxylic acid groups (broad SMARTS) is 1. The number of carbonyl (C=O) groups is 1. The molecule has 2 aromatic rings. The van der Waals surface area contributed by atoms with Crippen molar-refractivity contribution in [2.75, 3.05) is 7.11 Å². The van der Waals surface area contributed by atoms with Gasteiger partial charge in [0.2, 0.25) is 5.76 Å². The van der Waals surface area contributed by atoms with Crippen molar-refractivity contribution in [1.82, 2.24) is 0 Å². The first-order chi connectivity index (χ1) is 10.2. The fourth-order valence-corrected chi connectivity index (χ4v) is 1.98. The van der Waals surface area contributed by atoms with Crippen LogP contribution in [0.4, 0.5) is 0 Å². The van der Waals surface area contributed by atoms with E-state index in [2.05, 4.69) is 0 Å². The molecule has 0 aliphatic carbocycles. The van der Waals surface area contributed by atoms with Crippen molar-refractivity contribution in [3.8, 4) is 0 Å². The van der Waals surface area contributed by atoms with Gasteiger partial charge in [0.05, 0.1) is 7.11 Å². The van der Waals surface area contributed by atoms with Gasteiger partial charge in [-0.15, -0.1) is 0 Å². The van der Waals surface area contributed by atoms with Crippen LogP contribution < -0.4 is 0 Å². The highest BCUT2D eigenvalue weighted by Crippen LogP contribution is 2.23. The highest BCUT2D eigenvalue weighted by molar-refractivity contribution is 5.86. The van der Waals surface area contributed by atoms with Crippen molar-refractivity contribution < 1.29 is 14.6 Å². The number of hydrogen-bond acceptors (Lipinski definition) is 2. The van der Waals surface area contributed by atoms with E-state index < -0.39 is 5.97 Å². The highest BCUT2D eigenvalue weighted by atomic mass is 16.5. The highest BCUT2D eigenvalue weighted by Gasteiger charge is 2.07. The van der Waals surface area contributed by atoms with Crippen molar-refractivity contribution >= 4 is 11.5 Å². The average Bonchev–Trinajstić information content (AvgIpc) is 2.53. The van der Waals surface area contributed by atoms with Crippen molar-refractivity contribution in [3.63, 3.8) is 0 Å². The topological polar surface area (TPSA) is 46.5 Å². The number of carboxylic acids is 1. The van der Waals surface area contributed by atoms with Gasteiger partial charge in [0.15, 0.2) is 0 Å². The number of aliphatic carboxylic acids is 1. The molecular formula is C18H16O3. The zero-order valence-corrected chi connectivity index (χ0v) is 11.7. The zero-order chi connectivity index (χ0) is 15.1. The maximum atomic E-state index is 11.0. The summed E-state index contributed by atoms with van der Waals surface area (Å²) >= 11 is 0. The molecule has 3 nitrogen and oxygen atoms in total. The predicted molar refractivity (Wildman–Crippen MR) is 82.7 cm³/mol. The van der Waals surface area contributed by atoms with Crippen LogP contribution in [0.25, 0.3) is 5.57 Å². The normalized spacial score (nSPS) is 10.8. The van der Waals surface area contributed by atoms with E-state index in [0.717, 1.165) is 16.7 Å². The third kappa shape index (κ3) is 3.83. The summed E-state index contributed by atoms with van der Waals surface area (Å²) in [6, 6.07) is 19.6. The molecule has 0 bridgehead atoms. The summed E-state index contributed by atoms with van der Waals surface area (Å²) in [5.41, 5.74) is 2.97. The van der Waals surface area contributed by atoms with Gasteiger partial charge in [-0.3, -0.25) is 0 Å². The third-order valence-corrected chi connectivity index (χ3v) is 3.00. The number of benzene rings is 2. The predicted octanol–water partition coefficient (Wildman–Crippen LogP) is 3.73. The zero-order valence-electron chi connectivity index (χ0n) is 11.7. The Bertz CT molecular complexity index is 614. The molecule has 1 N–H and O–H groups in total. The molecule has 0 heterocycles. The number of ether oxygens (including phenoxy) is 1. The second kappa shape index (κ2) is 7.10. The number of hydrogen-bond donors (Lipinski definition) is 1. The van der Waals surface area contributed by atoms with Gasteiger partial charge in [0.1, 0.15) is 0 Å². The van der Waals surface area contributed by atoms with Crippen molar-refractivity contribution in [3.05, 3.63) is 89.7 Å². The molecule has 2 aromatic carbocycles. The van der Waals surface area contributed by atoms with E-state index in [-0.39, 0.29) is 5.76 Å². The Morgan fingerprint density at radius 3 is 1.76 bits per heavy atom. The lowest BCUT2D eigenvalue weighted by Crippen LogP contribution is -2.01. The standard InChI is InChI=1S/C18H16O3/c1-21-17(18(19)20)13-12-16(14-8-4-2-5-9-14)15-10-6-3-7-11-15/h2-13H,1H3,(H,19,20)/b17-13-. The van der Waals surface area contributed by atoms with Crippen LogP contribution in [-0.4, -0.2) is 18.2 Å². The van der Waals surface area contributed by atoms with E-state index in [1.165, 1.54) is 13.2 Å². The quantitative estimate of drug-likeness (QED) is 0.515. The maximum absolute atomic E-state index is 11.0. The Labute approximate surface area is 123 Å². The molecule has 106 valence electrons. The Morgan fingerprint density at radius 2 is 1.38 bits per heavy atom. The van der Waals surface area contributed by atoms with E-state index in [9.17, 15) is 4.79 Å². The van der Waals surface area contributed by atoms with E-state index in [1.54, 1.807) is 6.08 Å². The molecule has 0 atom stereocenters. The van der Waals surface area contributed by atoms with Gasteiger partial charge >= 0.3 is 5.97 Å². The second-order valence-electron chi connectivity index (χ2n) is 4.35. The van der Waals surface area contributed by atoms with E-state index in [4.69, 9.17) is 9.84 Å². The molecule has 0 aromatic heterocycles. The number of methoxy groups -OCH3 is 1. The van der Waals surface area contributed by atoms with Gasteiger partial charge in [-0.25, -0.2) is 4.79 Å². The van der Waals surface area contributed by atoms with Crippen LogP contribution in [0.5, 0.6) is 0 Å². The lowest BCUT2D eigenvalue weighted by molar-refractivity contribution is -0.136. The Balaban J connectivity index is 2.50. The van der Waals surface area contributed by atoms with Crippen molar-refractivity contribution in [2.45, 2.75) is 0 Å². The minimum Gasteiger partial charge on any atom is -0.490 e. The molecule has 0 saturated carbocycles. The molecule has 0 unspecified atom stereocenters. The number of allylic oxidation sites excluding steroid dienone is 2. The SMILES string of the molecule is CO/C(=C\C=C(c1ccccc1)c1ccccc1)C(=O)O. The molecule has 0 amide bonds. The summed E-state index contributed by atoms with van der Waals surface area (Å²) < 4.78 is 4.85. The molecule has 0 saturated heterocycles. The fourth-order valence-electron chi connectivity index (χ4n) is 1.98. The first-order valence-electron chi connectivity index (χ1n) is 6.52. The van der Waals surface area contributed by atoms with Crippen LogP contribution in [0.3, 0.4) is 0 Å². The van der Waals surface area contributed by atoms with Gasteiger partial charge in [-0.1, -0.05) is 60.7 Å². The van der Waals surface area contributed by atoms with Crippen LogP contribution in [0, 0.1) is 0 Å². The maximum Gasteiger partial charge on any atom is 0.371 e. The van der Waals surface area contributed by atoms with Crippen LogP contribution in [-0.2, 0) is 9.53 Å². The Hall–Kier alpha value is -2.81. The third-order valence-electron chi connectivity index (χ3n) is 3.00. The summed E-state index contributed by atoms with van der Waals surface area (Å²) in [4.78, 5) is 11.0. The molecule has 0 aliphatic heterocycles. The fraction of sp³-hybridized carbons (Fsp3) is 0.0556. The lowest BCUT2D eigenvalue weighted by atomic mass is 9.97. The van der Waals surface area contributed by atoms with Gasteiger partial charge in [0.25, 0.3) is 0 Å². The minimum absolute atomic E-state index is 0.0978. The summed E-state index contributed by atoms with van der Waals surface area (Å²) in [5, 5.41) is 9.00. The summed E-state index contributed by atoms with van der Waals surface area (Å²) in [6.45, 7) is 0. The Kier molecular flexibility index (Phi) is 4.94. The molecule has 0 spiro atoms. The Morgan fingerprint density at radius 1 is 0.905 bits per heavy atom. The molecule has 0 fully saturated rings. The first-order valence-corrected chi connectivity index (χ1v) is 6.52. The molecule has 0 aliphatic rings. The number of rotatable bonds is 5. The van der Waals surface area contributed by atoms with Crippen LogP contribution in [0.15, 0.2) is 78.6 Å². The van der Waals surface area contributed by atoms with E-state index >= 15 is 0 Å². The first kappa shape index (κ1) is 14.6.